The number of phenols is 1. The molecule has 2 aliphatic heterocycles. The molecule has 0 radical (unpaired) electrons. The number of aromatic hydroxyl groups is 1. The van der Waals surface area contributed by atoms with E-state index in [0.29, 0.717) is 29.7 Å². The normalized spacial score (nSPS) is 19.8. The van der Waals surface area contributed by atoms with Crippen molar-refractivity contribution in [3.8, 4) is 11.5 Å². The van der Waals surface area contributed by atoms with E-state index < -0.39 is 32.4 Å². The highest BCUT2D eigenvalue weighted by molar-refractivity contribution is 7.96. The molecule has 42 heavy (non-hydrogen) atoms. The smallest absolute Gasteiger partial charge is 0.211 e. The summed E-state index contributed by atoms with van der Waals surface area (Å²) < 4.78 is 32.5. The molecule has 2 heterocycles. The molecular weight excluding hydrogens is 550 g/mol. The molecule has 1 atom stereocenters. The maximum absolute atomic E-state index is 14.0. The van der Waals surface area contributed by atoms with Crippen LogP contribution in [0.4, 0.5) is 0 Å². The molecule has 2 N–H and O–H groups in total. The number of hydrogen-bond acceptors (Lipinski definition) is 7. The molecule has 0 spiro atoms. The Balaban J connectivity index is 1.83. The van der Waals surface area contributed by atoms with Crippen LogP contribution < -0.4 is 10.1 Å². The van der Waals surface area contributed by atoms with Gasteiger partial charge in [0, 0.05) is 23.2 Å². The second-order valence-electron chi connectivity index (χ2n) is 11.8. The van der Waals surface area contributed by atoms with E-state index >= 15 is 0 Å². The summed E-state index contributed by atoms with van der Waals surface area (Å²) >= 11 is 0. The van der Waals surface area contributed by atoms with Crippen molar-refractivity contribution in [3.63, 3.8) is 0 Å². The van der Waals surface area contributed by atoms with Gasteiger partial charge in [-0.3, -0.25) is 9.59 Å². The van der Waals surface area contributed by atoms with E-state index in [4.69, 9.17) is 4.74 Å². The summed E-state index contributed by atoms with van der Waals surface area (Å²) in [6.07, 6.45) is 11.1. The number of ketones is 2. The Morgan fingerprint density at radius 3 is 2.24 bits per heavy atom. The third kappa shape index (κ3) is 6.70. The SMILES string of the molecule is CC(C)=CCC/C(C)=C/Cc1cc(O)cc2c1OC(/C=C(\C)CCC=C(C)C)C1=C2C(=O)C2=C(C1=O)S(=O)(=O)CCN2. The summed E-state index contributed by atoms with van der Waals surface area (Å²) in [5.74, 6) is -1.21. The quantitative estimate of drug-likeness (QED) is 0.259. The van der Waals surface area contributed by atoms with Gasteiger partial charge in [-0.15, -0.1) is 0 Å². The van der Waals surface area contributed by atoms with Gasteiger partial charge < -0.3 is 15.2 Å². The van der Waals surface area contributed by atoms with Gasteiger partial charge in [-0.1, -0.05) is 40.5 Å². The molecule has 1 aromatic rings. The van der Waals surface area contributed by atoms with Crippen LogP contribution in [-0.4, -0.2) is 43.5 Å². The van der Waals surface area contributed by atoms with Crippen molar-refractivity contribution in [3.05, 3.63) is 86.0 Å². The largest absolute Gasteiger partial charge is 0.508 e. The minimum Gasteiger partial charge on any atom is -0.508 e. The number of carbonyl (C=O) groups is 2. The molecule has 0 bridgehead atoms. The Labute approximate surface area is 249 Å². The van der Waals surface area contributed by atoms with Crippen molar-refractivity contribution in [2.24, 2.45) is 0 Å². The minimum absolute atomic E-state index is 0.00471. The zero-order valence-corrected chi connectivity index (χ0v) is 26.2. The molecule has 0 fully saturated rings. The monoisotopic (exact) mass is 591 g/mol. The lowest BCUT2D eigenvalue weighted by molar-refractivity contribution is -0.115. The fraction of sp³-hybridized carbons (Fsp3) is 0.412. The minimum atomic E-state index is -3.95. The highest BCUT2D eigenvalue weighted by atomic mass is 32.2. The molecule has 3 aliphatic rings. The zero-order chi connectivity index (χ0) is 30.8. The number of fused-ring (bicyclic) bond motifs is 2. The molecule has 7 nitrogen and oxygen atoms in total. The highest BCUT2D eigenvalue weighted by Gasteiger charge is 2.48. The van der Waals surface area contributed by atoms with Crippen LogP contribution in [0.3, 0.4) is 0 Å². The van der Waals surface area contributed by atoms with Crippen molar-refractivity contribution >= 4 is 27.0 Å². The summed E-state index contributed by atoms with van der Waals surface area (Å²) in [7, 11) is -3.95. The van der Waals surface area contributed by atoms with Crippen LogP contribution in [0.1, 0.15) is 78.4 Å². The van der Waals surface area contributed by atoms with Gasteiger partial charge in [0.25, 0.3) is 0 Å². The molecular formula is C34H41NO6S. The number of sulfone groups is 1. The molecule has 1 aromatic carbocycles. The van der Waals surface area contributed by atoms with E-state index in [0.717, 1.165) is 24.8 Å². The number of hydrogen-bond donors (Lipinski definition) is 2. The Hall–Kier alpha value is -3.65. The molecule has 0 saturated heterocycles. The summed E-state index contributed by atoms with van der Waals surface area (Å²) in [5.41, 5.74) is 5.49. The first kappa shape index (κ1) is 31.3. The van der Waals surface area contributed by atoms with Gasteiger partial charge >= 0.3 is 0 Å². The summed E-state index contributed by atoms with van der Waals surface area (Å²) in [5, 5.41) is 13.6. The Morgan fingerprint density at radius 1 is 0.952 bits per heavy atom. The van der Waals surface area contributed by atoms with E-state index in [9.17, 15) is 23.1 Å². The van der Waals surface area contributed by atoms with Gasteiger partial charge in [0.2, 0.25) is 11.6 Å². The van der Waals surface area contributed by atoms with Gasteiger partial charge in [0.15, 0.2) is 9.84 Å². The van der Waals surface area contributed by atoms with Gasteiger partial charge in [0.1, 0.15) is 28.2 Å². The Kier molecular flexibility index (Phi) is 9.46. The number of ether oxygens (including phenoxy) is 1. The number of benzene rings is 1. The van der Waals surface area contributed by atoms with Gasteiger partial charge in [-0.2, -0.15) is 0 Å². The molecule has 1 aliphatic carbocycles. The molecule has 1 unspecified atom stereocenters. The van der Waals surface area contributed by atoms with Crippen molar-refractivity contribution in [1.29, 1.82) is 0 Å². The topological polar surface area (TPSA) is 110 Å². The van der Waals surface area contributed by atoms with Crippen LogP contribution in [0.15, 0.2) is 74.9 Å². The number of phenolic OH excluding ortho intramolecular Hbond substituents is 1. The van der Waals surface area contributed by atoms with E-state index in [2.05, 4.69) is 44.3 Å². The lowest BCUT2D eigenvalue weighted by atomic mass is 9.81. The van der Waals surface area contributed by atoms with E-state index in [-0.39, 0.29) is 34.9 Å². The molecule has 0 aromatic heterocycles. The fourth-order valence-electron chi connectivity index (χ4n) is 5.47. The van der Waals surface area contributed by atoms with Gasteiger partial charge in [0.05, 0.1) is 11.3 Å². The second kappa shape index (κ2) is 12.7. The summed E-state index contributed by atoms with van der Waals surface area (Å²) in [6.45, 7) is 12.2. The zero-order valence-electron chi connectivity index (χ0n) is 25.4. The maximum atomic E-state index is 14.0. The first-order chi connectivity index (χ1) is 19.8. The van der Waals surface area contributed by atoms with E-state index in [1.807, 2.05) is 26.8 Å². The number of allylic oxidation sites excluding steroid dienone is 9. The average Bonchev–Trinajstić information content (AvgIpc) is 2.89. The molecule has 8 heteroatoms. The van der Waals surface area contributed by atoms with Crippen molar-refractivity contribution in [1.82, 2.24) is 5.32 Å². The Bertz CT molecular complexity index is 1610. The van der Waals surface area contributed by atoms with Crippen LogP contribution in [0.5, 0.6) is 11.5 Å². The van der Waals surface area contributed by atoms with Gasteiger partial charge in [-0.25, -0.2) is 8.42 Å². The number of Topliss-reactive ketones (excluding diaryl/α,β-unsaturated/α-hetero) is 2. The van der Waals surface area contributed by atoms with Crippen molar-refractivity contribution in [2.45, 2.75) is 79.8 Å². The number of rotatable bonds is 9. The second-order valence-corrected chi connectivity index (χ2v) is 13.9. The molecule has 0 saturated carbocycles. The Morgan fingerprint density at radius 2 is 1.60 bits per heavy atom. The standard InChI is InChI=1S/C34H41NO6S/c1-20(2)9-7-11-22(5)13-14-24-18-25(36)19-26-28-29(27(41-33(24)26)17-23(6)12-8-10-21(3)4)32(38)34-30(31(28)37)35-15-16-42(34,39)40/h9-10,13,17-19,27,35-36H,7-8,11-12,14-16H2,1-6H3/b22-13+,23-17+. The molecule has 0 amide bonds. The lowest BCUT2D eigenvalue weighted by Crippen LogP contribution is -2.44. The van der Waals surface area contributed by atoms with Crippen LogP contribution in [0.2, 0.25) is 0 Å². The first-order valence-corrected chi connectivity index (χ1v) is 16.1. The van der Waals surface area contributed by atoms with Crippen molar-refractivity contribution < 1.29 is 27.9 Å². The predicted molar refractivity (Wildman–Crippen MR) is 167 cm³/mol. The van der Waals surface area contributed by atoms with Crippen LogP contribution in [0, 0.1) is 0 Å². The number of nitrogens with one attached hydrogen (secondary N) is 1. The third-order valence-corrected chi connectivity index (χ3v) is 9.38. The number of carbonyl (C=O) groups excluding carboxylic acids is 2. The lowest BCUT2D eigenvalue weighted by Gasteiger charge is -2.35. The van der Waals surface area contributed by atoms with E-state index in [1.165, 1.54) is 22.8 Å². The maximum Gasteiger partial charge on any atom is 0.211 e. The molecule has 4 rings (SSSR count). The highest BCUT2D eigenvalue weighted by Crippen LogP contribution is 2.46. The first-order valence-electron chi connectivity index (χ1n) is 14.5. The van der Waals surface area contributed by atoms with E-state index in [1.54, 1.807) is 6.07 Å². The summed E-state index contributed by atoms with van der Waals surface area (Å²) in [4.78, 5) is 27.4. The van der Waals surface area contributed by atoms with Gasteiger partial charge in [-0.05, 0) is 91.9 Å². The predicted octanol–water partition coefficient (Wildman–Crippen LogP) is 6.22. The van der Waals surface area contributed by atoms with Crippen LogP contribution >= 0.6 is 0 Å². The third-order valence-electron chi connectivity index (χ3n) is 7.62. The van der Waals surface area contributed by atoms with Crippen LogP contribution in [0.25, 0.3) is 5.57 Å². The molecule has 224 valence electrons. The fourth-order valence-corrected chi connectivity index (χ4v) is 6.91. The summed E-state index contributed by atoms with van der Waals surface area (Å²) in [6, 6.07) is 3.05. The van der Waals surface area contributed by atoms with Crippen molar-refractivity contribution in [2.75, 3.05) is 12.3 Å². The van der Waals surface area contributed by atoms with Crippen LogP contribution in [-0.2, 0) is 25.8 Å². The average molecular weight is 592 g/mol.